The van der Waals surface area contributed by atoms with E-state index in [1.54, 1.807) is 19.2 Å². The van der Waals surface area contributed by atoms with Crippen molar-refractivity contribution in [1.29, 1.82) is 0 Å². The van der Waals surface area contributed by atoms with Gasteiger partial charge in [0.1, 0.15) is 12.4 Å². The first-order valence-electron chi connectivity index (χ1n) is 7.24. The molecular formula is C17H21NO4S. The maximum atomic E-state index is 12.5. The smallest absolute Gasteiger partial charge is 0.261 e. The van der Waals surface area contributed by atoms with E-state index in [1.807, 2.05) is 32.0 Å². The van der Waals surface area contributed by atoms with Gasteiger partial charge in [0.05, 0.1) is 17.2 Å². The van der Waals surface area contributed by atoms with Crippen molar-refractivity contribution in [3.05, 3.63) is 53.6 Å². The molecular weight excluding hydrogens is 314 g/mol. The largest absolute Gasteiger partial charge is 0.491 e. The lowest BCUT2D eigenvalue weighted by molar-refractivity contribution is 0.146. The van der Waals surface area contributed by atoms with Crippen molar-refractivity contribution < 1.29 is 17.9 Å². The lowest BCUT2D eigenvalue weighted by Gasteiger charge is -2.12. The highest BCUT2D eigenvalue weighted by Gasteiger charge is 2.15. The summed E-state index contributed by atoms with van der Waals surface area (Å²) < 4.78 is 37.9. The Balaban J connectivity index is 2.14. The highest BCUT2D eigenvalue weighted by Crippen LogP contribution is 2.22. The molecule has 0 saturated carbocycles. The van der Waals surface area contributed by atoms with Gasteiger partial charge < -0.3 is 9.47 Å². The van der Waals surface area contributed by atoms with Gasteiger partial charge in [0.15, 0.2) is 0 Å². The monoisotopic (exact) mass is 335 g/mol. The minimum atomic E-state index is -3.62. The number of methoxy groups -OCH3 is 1. The molecule has 0 aliphatic carbocycles. The Hall–Kier alpha value is -2.05. The van der Waals surface area contributed by atoms with E-state index in [0.29, 0.717) is 24.7 Å². The zero-order valence-electron chi connectivity index (χ0n) is 13.5. The molecule has 0 aliphatic heterocycles. The summed E-state index contributed by atoms with van der Waals surface area (Å²) in [5.74, 6) is 0.604. The van der Waals surface area contributed by atoms with Gasteiger partial charge in [-0.1, -0.05) is 12.1 Å². The number of benzene rings is 2. The molecule has 2 aromatic rings. The van der Waals surface area contributed by atoms with Crippen LogP contribution >= 0.6 is 0 Å². The molecule has 124 valence electrons. The SMILES string of the molecule is COCCOc1ccc(S(=O)(=O)Nc2cc(C)ccc2C)cc1. The van der Waals surface area contributed by atoms with Gasteiger partial charge in [-0.05, 0) is 55.3 Å². The second-order valence-corrected chi connectivity index (χ2v) is 6.92. The number of rotatable bonds is 7. The first kappa shape index (κ1) is 17.3. The fourth-order valence-electron chi connectivity index (χ4n) is 2.01. The van der Waals surface area contributed by atoms with Gasteiger partial charge >= 0.3 is 0 Å². The number of nitrogens with one attached hydrogen (secondary N) is 1. The Morgan fingerprint density at radius 3 is 2.35 bits per heavy atom. The maximum absolute atomic E-state index is 12.5. The zero-order valence-corrected chi connectivity index (χ0v) is 14.3. The van der Waals surface area contributed by atoms with Crippen LogP contribution in [0.15, 0.2) is 47.4 Å². The molecule has 0 fully saturated rings. The van der Waals surface area contributed by atoms with Gasteiger partial charge in [0, 0.05) is 7.11 Å². The summed E-state index contributed by atoms with van der Waals surface area (Å²) in [4.78, 5) is 0.192. The Labute approximate surface area is 137 Å². The Morgan fingerprint density at radius 2 is 1.70 bits per heavy atom. The molecule has 0 aliphatic rings. The highest BCUT2D eigenvalue weighted by atomic mass is 32.2. The van der Waals surface area contributed by atoms with E-state index in [-0.39, 0.29) is 4.90 Å². The molecule has 1 N–H and O–H groups in total. The normalized spacial score (nSPS) is 11.3. The maximum Gasteiger partial charge on any atom is 0.261 e. The molecule has 2 rings (SSSR count). The minimum Gasteiger partial charge on any atom is -0.491 e. The number of hydrogen-bond acceptors (Lipinski definition) is 4. The molecule has 0 unspecified atom stereocenters. The van der Waals surface area contributed by atoms with E-state index in [2.05, 4.69) is 4.72 Å². The third-order valence-electron chi connectivity index (χ3n) is 3.33. The van der Waals surface area contributed by atoms with Crippen LogP contribution in [0.4, 0.5) is 5.69 Å². The third-order valence-corrected chi connectivity index (χ3v) is 4.71. The van der Waals surface area contributed by atoms with E-state index in [4.69, 9.17) is 9.47 Å². The second kappa shape index (κ2) is 7.48. The van der Waals surface area contributed by atoms with Gasteiger partial charge in [0.2, 0.25) is 0 Å². The van der Waals surface area contributed by atoms with Crippen molar-refractivity contribution >= 4 is 15.7 Å². The molecule has 0 bridgehead atoms. The van der Waals surface area contributed by atoms with E-state index >= 15 is 0 Å². The highest BCUT2D eigenvalue weighted by molar-refractivity contribution is 7.92. The number of anilines is 1. The predicted molar refractivity (Wildman–Crippen MR) is 90.5 cm³/mol. The van der Waals surface area contributed by atoms with Crippen molar-refractivity contribution in [2.45, 2.75) is 18.7 Å². The summed E-state index contributed by atoms with van der Waals surface area (Å²) in [6.45, 7) is 4.69. The van der Waals surface area contributed by atoms with Crippen molar-refractivity contribution in [3.63, 3.8) is 0 Å². The number of ether oxygens (including phenoxy) is 2. The van der Waals surface area contributed by atoms with Crippen LogP contribution < -0.4 is 9.46 Å². The molecule has 0 aromatic heterocycles. The van der Waals surface area contributed by atoms with E-state index < -0.39 is 10.0 Å². The average molecular weight is 335 g/mol. The molecule has 2 aromatic carbocycles. The van der Waals surface area contributed by atoms with Crippen LogP contribution in [0.25, 0.3) is 0 Å². The molecule has 23 heavy (non-hydrogen) atoms. The van der Waals surface area contributed by atoms with Crippen LogP contribution in [0.3, 0.4) is 0 Å². The topological polar surface area (TPSA) is 64.6 Å². The van der Waals surface area contributed by atoms with Gasteiger partial charge in [-0.25, -0.2) is 8.42 Å². The molecule has 0 radical (unpaired) electrons. The molecule has 0 saturated heterocycles. The molecule has 0 heterocycles. The second-order valence-electron chi connectivity index (χ2n) is 5.24. The van der Waals surface area contributed by atoms with Crippen molar-refractivity contribution in [2.24, 2.45) is 0 Å². The van der Waals surface area contributed by atoms with Gasteiger partial charge in [-0.3, -0.25) is 4.72 Å². The number of hydrogen-bond donors (Lipinski definition) is 1. The lowest BCUT2D eigenvalue weighted by Crippen LogP contribution is -2.14. The molecule has 0 amide bonds. The number of aryl methyl sites for hydroxylation is 2. The summed E-state index contributed by atoms with van der Waals surface area (Å²) in [6, 6.07) is 12.0. The van der Waals surface area contributed by atoms with Gasteiger partial charge in [0.25, 0.3) is 10.0 Å². The van der Waals surface area contributed by atoms with Crippen molar-refractivity contribution in [3.8, 4) is 5.75 Å². The van der Waals surface area contributed by atoms with E-state index in [9.17, 15) is 8.42 Å². The van der Waals surface area contributed by atoms with E-state index in [1.165, 1.54) is 12.1 Å². The van der Waals surface area contributed by atoms with E-state index in [0.717, 1.165) is 11.1 Å². The number of sulfonamides is 1. The van der Waals surface area contributed by atoms with Crippen LogP contribution in [-0.4, -0.2) is 28.7 Å². The average Bonchev–Trinajstić information content (AvgIpc) is 2.51. The first-order valence-corrected chi connectivity index (χ1v) is 8.72. The van der Waals surface area contributed by atoms with Crippen LogP contribution in [0, 0.1) is 13.8 Å². The minimum absolute atomic E-state index is 0.192. The Bertz CT molecular complexity index is 755. The summed E-state index contributed by atoms with van der Waals surface area (Å²) in [6.07, 6.45) is 0. The van der Waals surface area contributed by atoms with Crippen molar-refractivity contribution in [2.75, 3.05) is 25.0 Å². The summed E-state index contributed by atoms with van der Waals surface area (Å²) in [5, 5.41) is 0. The van der Waals surface area contributed by atoms with Gasteiger partial charge in [-0.15, -0.1) is 0 Å². The van der Waals surface area contributed by atoms with Crippen LogP contribution in [0.1, 0.15) is 11.1 Å². The fourth-order valence-corrected chi connectivity index (χ4v) is 3.13. The zero-order chi connectivity index (χ0) is 16.9. The summed E-state index contributed by atoms with van der Waals surface area (Å²) in [7, 11) is -2.03. The Morgan fingerprint density at radius 1 is 1.00 bits per heavy atom. The molecule has 0 atom stereocenters. The summed E-state index contributed by atoms with van der Waals surface area (Å²) in [5.41, 5.74) is 2.46. The predicted octanol–water partition coefficient (Wildman–Crippen LogP) is 3.13. The van der Waals surface area contributed by atoms with Crippen molar-refractivity contribution in [1.82, 2.24) is 0 Å². The first-order chi connectivity index (χ1) is 10.9. The molecule has 5 nitrogen and oxygen atoms in total. The lowest BCUT2D eigenvalue weighted by atomic mass is 10.1. The fraction of sp³-hybridized carbons (Fsp3) is 0.294. The molecule has 0 spiro atoms. The third kappa shape index (κ3) is 4.71. The van der Waals surface area contributed by atoms with Crippen LogP contribution in [0.2, 0.25) is 0 Å². The Kier molecular flexibility index (Phi) is 5.63. The van der Waals surface area contributed by atoms with Crippen LogP contribution in [0.5, 0.6) is 5.75 Å². The molecule has 6 heteroatoms. The summed E-state index contributed by atoms with van der Waals surface area (Å²) >= 11 is 0. The van der Waals surface area contributed by atoms with Crippen LogP contribution in [-0.2, 0) is 14.8 Å². The quantitative estimate of drug-likeness (QED) is 0.790. The standard InChI is InChI=1S/C17H21NO4S/c1-13-4-5-14(2)17(12-13)18-23(19,20)16-8-6-15(7-9-16)22-11-10-21-3/h4-9,12,18H,10-11H2,1-3H3. The van der Waals surface area contributed by atoms with Gasteiger partial charge in [-0.2, -0.15) is 0 Å².